The van der Waals surface area contributed by atoms with Gasteiger partial charge in [-0.25, -0.2) is 18.6 Å². The van der Waals surface area contributed by atoms with E-state index >= 15 is 0 Å². The number of hydrogen-bond acceptors (Lipinski definition) is 4. The first-order chi connectivity index (χ1) is 14.2. The van der Waals surface area contributed by atoms with Crippen molar-refractivity contribution < 1.29 is 26.7 Å². The summed E-state index contributed by atoms with van der Waals surface area (Å²) in [4.78, 5) is 18.7. The Morgan fingerprint density at radius 2 is 1.83 bits per heavy atom. The molecular formula is C20H16F5N3O2. The first kappa shape index (κ1) is 21.4. The van der Waals surface area contributed by atoms with Crippen molar-refractivity contribution in [3.05, 3.63) is 81.8 Å². The molecule has 2 aromatic heterocycles. The summed E-state index contributed by atoms with van der Waals surface area (Å²) in [6.07, 6.45) is -2.34. The van der Waals surface area contributed by atoms with Gasteiger partial charge in [0.25, 0.3) is 0 Å². The summed E-state index contributed by atoms with van der Waals surface area (Å²) in [7, 11) is 0. The standard InChI is InChI=1S/C20H16F5N3O2/c1-2-28-11-15(22)16(27-19(28)29)6-3-12-4-7-17(14(21)9-12)30-13-5-8-18(26-10-13)20(23,24)25/h4-5,7-11H,2-3,6H2,1H3. The van der Waals surface area contributed by atoms with Crippen LogP contribution in [0.25, 0.3) is 0 Å². The van der Waals surface area contributed by atoms with Gasteiger partial charge in [-0.05, 0) is 49.6 Å². The fourth-order valence-electron chi connectivity index (χ4n) is 2.68. The molecule has 0 aliphatic rings. The molecule has 0 fully saturated rings. The molecule has 158 valence electrons. The number of rotatable bonds is 6. The number of hydrogen-bond donors (Lipinski definition) is 0. The van der Waals surface area contributed by atoms with E-state index in [9.17, 15) is 26.7 Å². The van der Waals surface area contributed by atoms with Crippen LogP contribution in [0.4, 0.5) is 22.0 Å². The van der Waals surface area contributed by atoms with Crippen molar-refractivity contribution in [2.75, 3.05) is 0 Å². The molecule has 0 saturated carbocycles. The normalized spacial score (nSPS) is 11.5. The number of pyridine rings is 1. The average Bonchev–Trinajstić information content (AvgIpc) is 2.70. The van der Waals surface area contributed by atoms with Crippen molar-refractivity contribution >= 4 is 0 Å². The Morgan fingerprint density at radius 3 is 2.43 bits per heavy atom. The topological polar surface area (TPSA) is 57.0 Å². The molecule has 3 rings (SSSR count). The van der Waals surface area contributed by atoms with Crippen molar-refractivity contribution in [2.24, 2.45) is 0 Å². The Hall–Kier alpha value is -3.30. The number of aryl methyl sites for hydroxylation is 3. The lowest BCUT2D eigenvalue weighted by Gasteiger charge is -2.10. The molecule has 3 aromatic rings. The van der Waals surface area contributed by atoms with Gasteiger partial charge in [-0.1, -0.05) is 6.07 Å². The molecule has 0 N–H and O–H groups in total. The van der Waals surface area contributed by atoms with Crippen LogP contribution in [0, 0.1) is 11.6 Å². The number of ether oxygens (including phenoxy) is 1. The molecule has 10 heteroatoms. The van der Waals surface area contributed by atoms with Crippen LogP contribution in [0.5, 0.6) is 11.5 Å². The molecule has 0 aliphatic heterocycles. The van der Waals surface area contributed by atoms with Gasteiger partial charge in [0, 0.05) is 12.7 Å². The lowest BCUT2D eigenvalue weighted by atomic mass is 10.1. The molecule has 0 amide bonds. The number of benzene rings is 1. The average molecular weight is 425 g/mol. The Morgan fingerprint density at radius 1 is 1.07 bits per heavy atom. The van der Waals surface area contributed by atoms with Gasteiger partial charge in [-0.2, -0.15) is 18.2 Å². The van der Waals surface area contributed by atoms with E-state index in [0.29, 0.717) is 12.1 Å². The third-order valence-electron chi connectivity index (χ3n) is 4.26. The minimum atomic E-state index is -4.58. The quantitative estimate of drug-likeness (QED) is 0.545. The number of aromatic nitrogens is 3. The third kappa shape index (κ3) is 5.00. The number of alkyl halides is 3. The number of halogens is 5. The second-order valence-electron chi connectivity index (χ2n) is 6.35. The summed E-state index contributed by atoms with van der Waals surface area (Å²) in [6.45, 7) is 1.99. The molecule has 0 bridgehead atoms. The molecule has 0 radical (unpaired) electrons. The zero-order valence-corrected chi connectivity index (χ0v) is 15.7. The molecular weight excluding hydrogens is 409 g/mol. The summed E-state index contributed by atoms with van der Waals surface area (Å²) >= 11 is 0. The zero-order valence-electron chi connectivity index (χ0n) is 15.7. The minimum absolute atomic E-state index is 0.0127. The van der Waals surface area contributed by atoms with Crippen molar-refractivity contribution in [3.8, 4) is 11.5 Å². The van der Waals surface area contributed by atoms with E-state index in [2.05, 4.69) is 9.97 Å². The zero-order chi connectivity index (χ0) is 21.9. The van der Waals surface area contributed by atoms with Gasteiger partial charge in [0.2, 0.25) is 0 Å². The van der Waals surface area contributed by atoms with Gasteiger partial charge in [-0.15, -0.1) is 0 Å². The van der Waals surface area contributed by atoms with Crippen LogP contribution >= 0.6 is 0 Å². The summed E-state index contributed by atoms with van der Waals surface area (Å²) in [5, 5.41) is 0. The second-order valence-corrected chi connectivity index (χ2v) is 6.35. The Balaban J connectivity index is 1.68. The van der Waals surface area contributed by atoms with Crippen molar-refractivity contribution in [3.63, 3.8) is 0 Å². The monoisotopic (exact) mass is 425 g/mol. The van der Waals surface area contributed by atoms with Crippen molar-refractivity contribution in [1.82, 2.24) is 14.5 Å². The van der Waals surface area contributed by atoms with E-state index < -0.39 is 29.2 Å². The van der Waals surface area contributed by atoms with E-state index in [1.54, 1.807) is 6.92 Å². The van der Waals surface area contributed by atoms with Crippen LogP contribution in [0.3, 0.4) is 0 Å². The largest absolute Gasteiger partial charge is 0.453 e. The Labute approximate surface area is 167 Å². The maximum atomic E-state index is 14.3. The van der Waals surface area contributed by atoms with Crippen molar-refractivity contribution in [1.29, 1.82) is 0 Å². The second kappa shape index (κ2) is 8.60. The predicted molar refractivity (Wildman–Crippen MR) is 97.3 cm³/mol. The van der Waals surface area contributed by atoms with Crippen LogP contribution in [0.15, 0.2) is 47.5 Å². The molecule has 0 unspecified atom stereocenters. The summed E-state index contributed by atoms with van der Waals surface area (Å²) < 4.78 is 72.3. The highest BCUT2D eigenvalue weighted by Gasteiger charge is 2.32. The van der Waals surface area contributed by atoms with E-state index in [-0.39, 0.29) is 30.0 Å². The molecule has 30 heavy (non-hydrogen) atoms. The maximum absolute atomic E-state index is 14.3. The molecule has 1 aromatic carbocycles. The van der Waals surface area contributed by atoms with E-state index in [4.69, 9.17) is 4.74 Å². The molecule has 0 atom stereocenters. The minimum Gasteiger partial charge on any atom is -0.453 e. The smallest absolute Gasteiger partial charge is 0.433 e. The van der Waals surface area contributed by atoms with Gasteiger partial charge in [0.15, 0.2) is 17.4 Å². The lowest BCUT2D eigenvalue weighted by Crippen LogP contribution is -2.24. The Bertz CT molecular complexity index is 1100. The van der Waals surface area contributed by atoms with E-state index in [0.717, 1.165) is 35.2 Å². The molecule has 0 saturated heterocycles. The molecule has 2 heterocycles. The highest BCUT2D eigenvalue weighted by atomic mass is 19.4. The van der Waals surface area contributed by atoms with Gasteiger partial charge >= 0.3 is 11.9 Å². The highest BCUT2D eigenvalue weighted by molar-refractivity contribution is 5.34. The third-order valence-corrected chi connectivity index (χ3v) is 4.26. The molecule has 0 spiro atoms. The first-order valence-electron chi connectivity index (χ1n) is 8.92. The van der Waals surface area contributed by atoms with Crippen molar-refractivity contribution in [2.45, 2.75) is 32.5 Å². The summed E-state index contributed by atoms with van der Waals surface area (Å²) in [6, 6.07) is 5.77. The van der Waals surface area contributed by atoms with Crippen LogP contribution in [0.1, 0.15) is 23.9 Å². The van der Waals surface area contributed by atoms with E-state index in [1.165, 1.54) is 12.1 Å². The highest BCUT2D eigenvalue weighted by Crippen LogP contribution is 2.30. The first-order valence-corrected chi connectivity index (χ1v) is 8.92. The maximum Gasteiger partial charge on any atom is 0.433 e. The summed E-state index contributed by atoms with van der Waals surface area (Å²) in [5.41, 5.74) is -1.15. The van der Waals surface area contributed by atoms with Gasteiger partial charge < -0.3 is 4.74 Å². The fraction of sp³-hybridized carbons (Fsp3) is 0.250. The number of nitrogens with zero attached hydrogens (tertiary/aromatic N) is 3. The summed E-state index contributed by atoms with van der Waals surface area (Å²) in [5.74, 6) is -1.62. The lowest BCUT2D eigenvalue weighted by molar-refractivity contribution is -0.141. The Kier molecular flexibility index (Phi) is 6.14. The van der Waals surface area contributed by atoms with Crippen LogP contribution in [-0.4, -0.2) is 14.5 Å². The predicted octanol–water partition coefficient (Wildman–Crippen LogP) is 4.53. The molecule has 5 nitrogen and oxygen atoms in total. The van der Waals surface area contributed by atoms with Crippen LogP contribution in [-0.2, 0) is 25.6 Å². The van der Waals surface area contributed by atoms with Gasteiger partial charge in [-0.3, -0.25) is 4.57 Å². The van der Waals surface area contributed by atoms with Crippen LogP contribution in [0.2, 0.25) is 0 Å². The fourth-order valence-corrected chi connectivity index (χ4v) is 2.68. The van der Waals surface area contributed by atoms with Gasteiger partial charge in [0.1, 0.15) is 11.4 Å². The van der Waals surface area contributed by atoms with Crippen LogP contribution < -0.4 is 10.4 Å². The van der Waals surface area contributed by atoms with Gasteiger partial charge in [0.05, 0.1) is 11.9 Å². The SMILES string of the molecule is CCn1cc(F)c(CCc2ccc(Oc3ccc(C(F)(F)F)nc3)c(F)c2)nc1=O. The molecule has 0 aliphatic carbocycles. The van der Waals surface area contributed by atoms with E-state index in [1.807, 2.05) is 0 Å².